The van der Waals surface area contributed by atoms with Crippen LogP contribution in [-0.4, -0.2) is 13.7 Å². The van der Waals surface area contributed by atoms with E-state index in [9.17, 15) is 18.9 Å². The van der Waals surface area contributed by atoms with E-state index < -0.39 is 16.0 Å². The van der Waals surface area contributed by atoms with Crippen LogP contribution in [0.25, 0.3) is 0 Å². The Bertz CT molecular complexity index is 673. The molecule has 0 amide bonds. The molecular weight excluding hydrogens is 378 g/mol. The highest BCUT2D eigenvalue weighted by atomic mass is 32.2. The number of nitro benzene ring substituents is 1. The SMILES string of the molecule is CC.CC.CC.CC.Cc1ccc(Oc2ccc([N+](=O)[O-])cc2)cc1S(=O)[O-]. The molecule has 6 nitrogen and oxygen atoms in total. The molecule has 0 heterocycles. The van der Waals surface area contributed by atoms with Crippen LogP contribution in [0.2, 0.25) is 0 Å². The number of nitro groups is 1. The van der Waals surface area contributed by atoms with Gasteiger partial charge in [0.2, 0.25) is 0 Å². The fourth-order valence-electron chi connectivity index (χ4n) is 1.60. The monoisotopic (exact) mass is 412 g/mol. The van der Waals surface area contributed by atoms with Crippen LogP contribution in [0.3, 0.4) is 0 Å². The zero-order valence-electron chi connectivity index (χ0n) is 18.4. The molecule has 2 rings (SSSR count). The number of hydrogen-bond donors (Lipinski definition) is 0. The maximum Gasteiger partial charge on any atom is 0.269 e. The van der Waals surface area contributed by atoms with Crippen molar-refractivity contribution < 1.29 is 18.4 Å². The van der Waals surface area contributed by atoms with Gasteiger partial charge in [-0.3, -0.25) is 14.3 Å². The van der Waals surface area contributed by atoms with E-state index in [1.165, 1.54) is 30.3 Å². The number of ether oxygens (including phenoxy) is 1. The van der Waals surface area contributed by atoms with Crippen LogP contribution in [0.5, 0.6) is 11.5 Å². The van der Waals surface area contributed by atoms with Crippen LogP contribution in [0.1, 0.15) is 61.0 Å². The number of rotatable bonds is 4. The number of hydrogen-bond acceptors (Lipinski definition) is 5. The molecule has 0 radical (unpaired) electrons. The van der Waals surface area contributed by atoms with E-state index >= 15 is 0 Å². The fraction of sp³-hybridized carbons (Fsp3) is 0.429. The number of benzene rings is 2. The van der Waals surface area contributed by atoms with E-state index in [1.807, 2.05) is 55.4 Å². The summed E-state index contributed by atoms with van der Waals surface area (Å²) in [6, 6.07) is 10.2. The highest BCUT2D eigenvalue weighted by molar-refractivity contribution is 7.79. The van der Waals surface area contributed by atoms with Crippen molar-refractivity contribution in [3.63, 3.8) is 0 Å². The van der Waals surface area contributed by atoms with Crippen LogP contribution in [0.15, 0.2) is 47.4 Å². The van der Waals surface area contributed by atoms with Gasteiger partial charge in [-0.25, -0.2) is 0 Å². The topological polar surface area (TPSA) is 92.5 Å². The first-order chi connectivity index (χ1) is 13.5. The van der Waals surface area contributed by atoms with Gasteiger partial charge in [0.25, 0.3) is 5.69 Å². The number of aryl methyl sites for hydroxylation is 1. The van der Waals surface area contributed by atoms with E-state index in [0.29, 0.717) is 17.1 Å². The first kappa shape index (κ1) is 30.5. The Kier molecular flexibility index (Phi) is 21.2. The smallest absolute Gasteiger partial charge is 0.269 e. The molecule has 0 spiro atoms. The molecule has 28 heavy (non-hydrogen) atoms. The summed E-state index contributed by atoms with van der Waals surface area (Å²) < 4.78 is 27.5. The van der Waals surface area contributed by atoms with Crippen LogP contribution >= 0.6 is 0 Å². The van der Waals surface area contributed by atoms with Crippen LogP contribution in [0, 0.1) is 17.0 Å². The minimum atomic E-state index is -2.34. The Labute approximate surface area is 172 Å². The first-order valence-electron chi connectivity index (χ1n) is 9.59. The van der Waals surface area contributed by atoms with E-state index in [-0.39, 0.29) is 10.6 Å². The average Bonchev–Trinajstić information content (AvgIpc) is 2.75. The van der Waals surface area contributed by atoms with Gasteiger partial charge in [0.05, 0.1) is 4.92 Å². The second kappa shape index (κ2) is 19.5. The Morgan fingerprint density at radius 1 is 0.821 bits per heavy atom. The quantitative estimate of drug-likeness (QED) is 0.305. The van der Waals surface area contributed by atoms with Gasteiger partial charge >= 0.3 is 0 Å². The van der Waals surface area contributed by atoms with Crippen molar-refractivity contribution in [2.45, 2.75) is 67.2 Å². The maximum absolute atomic E-state index is 11.0. The lowest BCUT2D eigenvalue weighted by molar-refractivity contribution is -0.384. The van der Waals surface area contributed by atoms with Crippen LogP contribution in [-0.2, 0) is 11.1 Å². The lowest BCUT2D eigenvalue weighted by atomic mass is 10.2. The fourth-order valence-corrected chi connectivity index (χ4v) is 2.14. The highest BCUT2D eigenvalue weighted by Gasteiger charge is 2.06. The Balaban J connectivity index is -0.000000695. The first-order valence-corrected chi connectivity index (χ1v) is 10.7. The lowest BCUT2D eigenvalue weighted by Crippen LogP contribution is -1.94. The van der Waals surface area contributed by atoms with Gasteiger partial charge in [0.15, 0.2) is 0 Å². The molecule has 160 valence electrons. The standard InChI is InChI=1S/C13H11NO5S.4C2H6/c1-9-2-5-12(8-13(9)20(17)18)19-11-6-3-10(4-7-11)14(15)16;4*1-2/h2-8H,1H3,(H,17,18);4*1-2H3/p-1. The molecular formula is C21H34NO5S-. The maximum atomic E-state index is 11.0. The second-order valence-electron chi connectivity index (χ2n) is 4.02. The van der Waals surface area contributed by atoms with E-state index in [0.717, 1.165) is 0 Å². The number of non-ortho nitro benzene ring substituents is 1. The van der Waals surface area contributed by atoms with E-state index in [1.54, 1.807) is 19.1 Å². The zero-order valence-corrected chi connectivity index (χ0v) is 19.3. The number of nitrogens with zero attached hydrogens (tertiary/aromatic N) is 1. The van der Waals surface area contributed by atoms with Crippen molar-refractivity contribution in [1.82, 2.24) is 0 Å². The molecule has 0 N–H and O–H groups in total. The molecule has 2 aromatic carbocycles. The van der Waals surface area contributed by atoms with Crippen LogP contribution < -0.4 is 4.74 Å². The van der Waals surface area contributed by atoms with Crippen molar-refractivity contribution in [2.24, 2.45) is 0 Å². The third kappa shape index (κ3) is 11.5. The van der Waals surface area contributed by atoms with E-state index in [4.69, 9.17) is 4.74 Å². The molecule has 0 bridgehead atoms. The van der Waals surface area contributed by atoms with Gasteiger partial charge in [-0.1, -0.05) is 61.5 Å². The molecule has 0 aliphatic carbocycles. The summed E-state index contributed by atoms with van der Waals surface area (Å²) in [5.74, 6) is 0.741. The van der Waals surface area contributed by atoms with E-state index in [2.05, 4.69) is 0 Å². The second-order valence-corrected chi connectivity index (χ2v) is 4.92. The largest absolute Gasteiger partial charge is 0.768 e. The molecule has 2 aromatic rings. The zero-order chi connectivity index (χ0) is 22.7. The van der Waals surface area contributed by atoms with Gasteiger partial charge < -0.3 is 9.29 Å². The molecule has 0 aliphatic rings. The molecule has 0 saturated heterocycles. The molecule has 0 aromatic heterocycles. The molecule has 0 saturated carbocycles. The van der Waals surface area contributed by atoms with Gasteiger partial charge in [0.1, 0.15) is 11.5 Å². The minimum absolute atomic E-state index is 0.0393. The van der Waals surface area contributed by atoms with Crippen molar-refractivity contribution in [3.05, 3.63) is 58.1 Å². The van der Waals surface area contributed by atoms with Gasteiger partial charge in [0, 0.05) is 17.0 Å². The van der Waals surface area contributed by atoms with Crippen molar-refractivity contribution in [2.75, 3.05) is 0 Å². The summed E-state index contributed by atoms with van der Waals surface area (Å²) in [6.45, 7) is 17.7. The summed E-state index contributed by atoms with van der Waals surface area (Å²) >= 11 is -2.34. The van der Waals surface area contributed by atoms with Gasteiger partial charge in [-0.05, 0) is 47.8 Å². The van der Waals surface area contributed by atoms with Gasteiger partial charge in [-0.15, -0.1) is 0 Å². The highest BCUT2D eigenvalue weighted by Crippen LogP contribution is 2.26. The predicted octanol–water partition coefficient (Wildman–Crippen LogP) is 7.04. The van der Waals surface area contributed by atoms with Crippen molar-refractivity contribution in [1.29, 1.82) is 0 Å². The molecule has 7 heteroatoms. The van der Waals surface area contributed by atoms with Crippen LogP contribution in [0.4, 0.5) is 5.69 Å². The summed E-state index contributed by atoms with van der Waals surface area (Å²) in [7, 11) is 0. The normalized spacial score (nSPS) is 9.36. The Hall–Kier alpha value is -2.25. The third-order valence-corrected chi connectivity index (χ3v) is 3.42. The molecule has 1 unspecified atom stereocenters. The summed E-state index contributed by atoms with van der Waals surface area (Å²) in [5, 5.41) is 10.5. The van der Waals surface area contributed by atoms with Crippen molar-refractivity contribution in [3.8, 4) is 11.5 Å². The summed E-state index contributed by atoms with van der Waals surface area (Å²) in [5.41, 5.74) is 0.581. The third-order valence-electron chi connectivity index (χ3n) is 2.62. The lowest BCUT2D eigenvalue weighted by Gasteiger charge is -2.11. The van der Waals surface area contributed by atoms with Crippen molar-refractivity contribution >= 4 is 16.8 Å². The minimum Gasteiger partial charge on any atom is -0.768 e. The Morgan fingerprint density at radius 3 is 1.64 bits per heavy atom. The predicted molar refractivity (Wildman–Crippen MR) is 117 cm³/mol. The summed E-state index contributed by atoms with van der Waals surface area (Å²) in [6.07, 6.45) is 0. The molecule has 0 fully saturated rings. The molecule has 0 aliphatic heterocycles. The molecule has 1 atom stereocenters. The summed E-state index contributed by atoms with van der Waals surface area (Å²) in [4.78, 5) is 10.2. The van der Waals surface area contributed by atoms with Gasteiger partial charge in [-0.2, -0.15) is 0 Å². The Morgan fingerprint density at radius 2 is 1.25 bits per heavy atom. The average molecular weight is 413 g/mol.